The summed E-state index contributed by atoms with van der Waals surface area (Å²) in [4.78, 5) is 38.4. The minimum atomic E-state index is -0.768. The van der Waals surface area contributed by atoms with Crippen molar-refractivity contribution >= 4 is 17.9 Å². The van der Waals surface area contributed by atoms with Gasteiger partial charge in [-0.2, -0.15) is 0 Å². The highest BCUT2D eigenvalue weighted by Crippen LogP contribution is 2.18. The molecule has 0 saturated heterocycles. The first-order valence-corrected chi connectivity index (χ1v) is 33.7. The van der Waals surface area contributed by atoms with Crippen molar-refractivity contribution in [2.75, 3.05) is 13.2 Å². The Morgan fingerprint density at radius 1 is 0.257 bits per heavy atom. The van der Waals surface area contributed by atoms with E-state index in [2.05, 4.69) is 32.9 Å². The average Bonchev–Trinajstić information content (AvgIpc) is 3.40. The van der Waals surface area contributed by atoms with Crippen molar-refractivity contribution in [1.82, 2.24) is 0 Å². The van der Waals surface area contributed by atoms with Gasteiger partial charge in [0.25, 0.3) is 0 Å². The maximum Gasteiger partial charge on any atom is 0.306 e. The molecule has 0 rings (SSSR count). The lowest BCUT2D eigenvalue weighted by Crippen LogP contribution is -2.30. The lowest BCUT2D eigenvalue weighted by molar-refractivity contribution is -0.167. The van der Waals surface area contributed by atoms with E-state index in [0.29, 0.717) is 19.3 Å². The zero-order valence-electron chi connectivity index (χ0n) is 50.4. The molecule has 1 atom stereocenters. The molecule has 0 amide bonds. The average molecular weight is 1040 g/mol. The molecule has 0 bridgehead atoms. The molecule has 1 unspecified atom stereocenters. The number of hydrogen-bond donors (Lipinski definition) is 0. The Hall–Kier alpha value is -1.85. The Balaban J connectivity index is 4.30. The van der Waals surface area contributed by atoms with E-state index in [-0.39, 0.29) is 31.1 Å². The summed E-state index contributed by atoms with van der Waals surface area (Å²) in [7, 11) is 0. The molecule has 0 aromatic rings. The molecular weight excluding hydrogens is 913 g/mol. The van der Waals surface area contributed by atoms with Gasteiger partial charge in [0.1, 0.15) is 13.2 Å². The molecule has 0 aromatic heterocycles. The molecule has 0 aliphatic heterocycles. The van der Waals surface area contributed by atoms with Gasteiger partial charge in [0.15, 0.2) is 6.10 Å². The number of esters is 3. The van der Waals surface area contributed by atoms with E-state index in [9.17, 15) is 14.4 Å². The largest absolute Gasteiger partial charge is 0.462 e. The third-order valence-electron chi connectivity index (χ3n) is 15.5. The summed E-state index contributed by atoms with van der Waals surface area (Å²) in [5.41, 5.74) is 0. The van der Waals surface area contributed by atoms with E-state index >= 15 is 0 Å². The van der Waals surface area contributed by atoms with Crippen LogP contribution in [0.4, 0.5) is 0 Å². The Bertz CT molecular complexity index is 1150. The van der Waals surface area contributed by atoms with Crippen LogP contribution in [0.25, 0.3) is 0 Å². The van der Waals surface area contributed by atoms with Gasteiger partial charge in [-0.15, -0.1) is 0 Å². The summed E-state index contributed by atoms with van der Waals surface area (Å²) in [6, 6.07) is 0. The number of rotatable bonds is 63. The van der Waals surface area contributed by atoms with Crippen molar-refractivity contribution in [2.24, 2.45) is 0 Å². The molecule has 74 heavy (non-hydrogen) atoms. The van der Waals surface area contributed by atoms with Crippen LogP contribution in [-0.4, -0.2) is 37.2 Å². The van der Waals surface area contributed by atoms with Gasteiger partial charge >= 0.3 is 17.9 Å². The fraction of sp³-hybridized carbons (Fsp3) is 0.926. The first-order valence-electron chi connectivity index (χ1n) is 33.7. The summed E-state index contributed by atoms with van der Waals surface area (Å²) in [5, 5.41) is 0. The van der Waals surface area contributed by atoms with Crippen LogP contribution in [0, 0.1) is 0 Å². The van der Waals surface area contributed by atoms with Gasteiger partial charge in [0.2, 0.25) is 0 Å². The molecule has 0 N–H and O–H groups in total. The molecule has 0 saturated carbocycles. The van der Waals surface area contributed by atoms with Crippen molar-refractivity contribution in [3.8, 4) is 0 Å². The van der Waals surface area contributed by atoms with Crippen LogP contribution in [0.3, 0.4) is 0 Å². The fourth-order valence-electron chi connectivity index (χ4n) is 10.4. The van der Waals surface area contributed by atoms with Crippen molar-refractivity contribution < 1.29 is 28.6 Å². The number of hydrogen-bond acceptors (Lipinski definition) is 6. The fourth-order valence-corrected chi connectivity index (χ4v) is 10.4. The molecule has 0 spiro atoms. The minimum absolute atomic E-state index is 0.0643. The van der Waals surface area contributed by atoms with E-state index in [1.54, 1.807) is 0 Å². The second-order valence-corrected chi connectivity index (χ2v) is 23.1. The van der Waals surface area contributed by atoms with Gasteiger partial charge in [-0.05, 0) is 44.9 Å². The van der Waals surface area contributed by atoms with Gasteiger partial charge in [0.05, 0.1) is 0 Å². The quantitative estimate of drug-likeness (QED) is 0.0261. The molecule has 0 heterocycles. The van der Waals surface area contributed by atoms with Gasteiger partial charge in [-0.25, -0.2) is 0 Å². The SMILES string of the molecule is CCCCCCCCC/C=C\CCCCCCCCCC(=O)OCC(COC(=O)CCCCCCCCCCCCCCCCCCCCC)OC(=O)CCCCCCCCCCCCCCCCCCCCC. The lowest BCUT2D eigenvalue weighted by Gasteiger charge is -2.18. The maximum atomic E-state index is 12.9. The topological polar surface area (TPSA) is 78.9 Å². The standard InChI is InChI=1S/C68H130O6/c1-4-7-10-13-16-19-22-25-28-31-34-37-40-43-46-49-52-55-58-61-67(70)73-64-65(63-72-66(69)60-57-54-51-48-45-42-39-36-33-30-27-24-21-18-15-12-9-6-3)74-68(71)62-59-56-53-50-47-44-41-38-35-32-29-26-23-20-17-14-11-8-5-2/h30,33,65H,4-29,31-32,34-64H2,1-3H3/b33-30-. The third-order valence-corrected chi connectivity index (χ3v) is 15.5. The van der Waals surface area contributed by atoms with Gasteiger partial charge < -0.3 is 14.2 Å². The second-order valence-electron chi connectivity index (χ2n) is 23.1. The minimum Gasteiger partial charge on any atom is -0.462 e. The van der Waals surface area contributed by atoms with Crippen molar-refractivity contribution in [3.63, 3.8) is 0 Å². The molecule has 0 radical (unpaired) electrons. The van der Waals surface area contributed by atoms with Crippen LogP contribution in [0.1, 0.15) is 387 Å². The summed E-state index contributed by atoms with van der Waals surface area (Å²) in [5.74, 6) is -0.834. The number of carbonyl (C=O) groups is 3. The summed E-state index contributed by atoms with van der Waals surface area (Å²) in [6.07, 6.45) is 75.1. The normalized spacial score (nSPS) is 12.0. The number of unbranched alkanes of at least 4 members (excludes halogenated alkanes) is 50. The molecule has 438 valence electrons. The van der Waals surface area contributed by atoms with Crippen LogP contribution >= 0.6 is 0 Å². The maximum absolute atomic E-state index is 12.9. The Kier molecular flexibility index (Phi) is 62.1. The van der Waals surface area contributed by atoms with Crippen LogP contribution in [0.2, 0.25) is 0 Å². The van der Waals surface area contributed by atoms with E-state index < -0.39 is 6.10 Å². The predicted molar refractivity (Wildman–Crippen MR) is 321 cm³/mol. The highest BCUT2D eigenvalue weighted by Gasteiger charge is 2.19. The number of allylic oxidation sites excluding steroid dienone is 2. The van der Waals surface area contributed by atoms with E-state index in [1.807, 2.05) is 0 Å². The van der Waals surface area contributed by atoms with E-state index in [1.165, 1.54) is 289 Å². The van der Waals surface area contributed by atoms with Crippen molar-refractivity contribution in [1.29, 1.82) is 0 Å². The molecule has 0 aromatic carbocycles. The van der Waals surface area contributed by atoms with E-state index in [4.69, 9.17) is 14.2 Å². The lowest BCUT2D eigenvalue weighted by atomic mass is 10.0. The zero-order chi connectivity index (χ0) is 53.6. The van der Waals surface area contributed by atoms with Crippen LogP contribution in [0.15, 0.2) is 12.2 Å². The Morgan fingerprint density at radius 2 is 0.446 bits per heavy atom. The summed E-state index contributed by atoms with van der Waals surface area (Å²) < 4.78 is 17.0. The van der Waals surface area contributed by atoms with Crippen LogP contribution in [0.5, 0.6) is 0 Å². The van der Waals surface area contributed by atoms with Gasteiger partial charge in [-0.1, -0.05) is 335 Å². The monoisotopic (exact) mass is 1040 g/mol. The molecule has 0 aliphatic carbocycles. The van der Waals surface area contributed by atoms with Crippen molar-refractivity contribution in [2.45, 2.75) is 393 Å². The molecule has 0 fully saturated rings. The first kappa shape index (κ1) is 72.2. The molecular formula is C68H130O6. The highest BCUT2D eigenvalue weighted by molar-refractivity contribution is 5.71. The molecule has 0 aliphatic rings. The third kappa shape index (κ3) is 61.0. The Morgan fingerprint density at radius 3 is 0.676 bits per heavy atom. The van der Waals surface area contributed by atoms with Gasteiger partial charge in [-0.3, -0.25) is 14.4 Å². The second kappa shape index (κ2) is 63.7. The smallest absolute Gasteiger partial charge is 0.306 e. The summed E-state index contributed by atoms with van der Waals surface area (Å²) >= 11 is 0. The van der Waals surface area contributed by atoms with Gasteiger partial charge in [0, 0.05) is 19.3 Å². The van der Waals surface area contributed by atoms with Crippen LogP contribution < -0.4 is 0 Å². The number of carbonyl (C=O) groups excluding carboxylic acids is 3. The van der Waals surface area contributed by atoms with Crippen molar-refractivity contribution in [3.05, 3.63) is 12.2 Å². The molecule has 6 nitrogen and oxygen atoms in total. The number of ether oxygens (including phenoxy) is 3. The zero-order valence-corrected chi connectivity index (χ0v) is 50.4. The first-order chi connectivity index (χ1) is 36.5. The highest BCUT2D eigenvalue weighted by atomic mass is 16.6. The summed E-state index contributed by atoms with van der Waals surface area (Å²) in [6.45, 7) is 6.73. The molecule has 6 heteroatoms. The van der Waals surface area contributed by atoms with Crippen LogP contribution in [-0.2, 0) is 28.6 Å². The predicted octanol–water partition coefficient (Wildman–Crippen LogP) is 22.8. The Labute approximate surface area is 462 Å². The van der Waals surface area contributed by atoms with E-state index in [0.717, 1.165) is 57.8 Å².